The number of amides is 2. The van der Waals surface area contributed by atoms with Gasteiger partial charge in [-0.25, -0.2) is 4.79 Å². The van der Waals surface area contributed by atoms with Gasteiger partial charge in [-0.3, -0.25) is 4.98 Å². The van der Waals surface area contributed by atoms with E-state index in [9.17, 15) is 25.2 Å². The summed E-state index contributed by atoms with van der Waals surface area (Å²) >= 11 is 7.30. The number of carbonyl (C=O) groups is 1. The van der Waals surface area contributed by atoms with Crippen molar-refractivity contribution < 1.29 is 35.1 Å². The highest BCUT2D eigenvalue weighted by atomic mass is 35.5. The smallest absolute Gasteiger partial charge is 0.314 e. The van der Waals surface area contributed by atoms with Gasteiger partial charge in [0, 0.05) is 36.6 Å². The number of nitrogens with one attached hydrogen (secondary N) is 3. The summed E-state index contributed by atoms with van der Waals surface area (Å²) < 4.78 is 6.31. The molecule has 0 aliphatic heterocycles. The molecule has 1 heterocycles. The van der Waals surface area contributed by atoms with Gasteiger partial charge < -0.3 is 46.2 Å². The maximum atomic E-state index is 12.3. The number of halogens is 1. The molecule has 4 atom stereocenters. The Balaban J connectivity index is 1.24. The lowest BCUT2D eigenvalue weighted by atomic mass is 9.88. The molecule has 278 valence electrons. The largest absolute Gasteiger partial charge is 0.490 e. The summed E-state index contributed by atoms with van der Waals surface area (Å²) in [4.78, 5) is 16.8. The van der Waals surface area contributed by atoms with Crippen LogP contribution in [-0.4, -0.2) is 86.8 Å². The Morgan fingerprint density at radius 3 is 2.33 bits per heavy atom. The van der Waals surface area contributed by atoms with Crippen molar-refractivity contribution in [3.05, 3.63) is 75.6 Å². The number of rotatable bonds is 19. The summed E-state index contributed by atoms with van der Waals surface area (Å²) in [6.45, 7) is 5.75. The molecule has 3 aromatic rings. The van der Waals surface area contributed by atoms with Crippen molar-refractivity contribution in [2.75, 3.05) is 25.0 Å². The van der Waals surface area contributed by atoms with E-state index in [4.69, 9.17) is 21.4 Å². The first-order valence-electron chi connectivity index (χ1n) is 18.2. The molecular weight excluding hydrogens is 672 g/mol. The van der Waals surface area contributed by atoms with Gasteiger partial charge in [0.25, 0.3) is 0 Å². The second-order valence-electron chi connectivity index (χ2n) is 13.8. The van der Waals surface area contributed by atoms with Crippen molar-refractivity contribution in [1.82, 2.24) is 15.6 Å². The standard InChI is InChI=1S/C39H53ClN4O7/c1-4-25-23(3)27(10-8-9-18-42-38(50)43-21-31(46)36(48)37(49)32(47)22-45)26(5-2)34(40)35(25)44-39(16-17-39)30-20-41-19-15-28(30)29-11-6-7-12-33(29)51-24-13-14-24/h6-7,11-12,15,19-20,24,31-32,36-37,44-49H,4-5,8-10,13-14,16-18,21-22H2,1-3H3,(H2,42,43,50)/t31-,32+,36+,37+/m0/s1. The predicted molar refractivity (Wildman–Crippen MR) is 198 cm³/mol. The van der Waals surface area contributed by atoms with E-state index in [1.807, 2.05) is 18.5 Å². The van der Waals surface area contributed by atoms with Crippen LogP contribution in [0.25, 0.3) is 11.1 Å². The molecule has 12 heteroatoms. The Labute approximate surface area is 305 Å². The highest BCUT2D eigenvalue weighted by molar-refractivity contribution is 6.34. The number of anilines is 1. The van der Waals surface area contributed by atoms with Crippen LogP contribution in [0.4, 0.5) is 10.5 Å². The summed E-state index contributed by atoms with van der Waals surface area (Å²) in [6, 6.07) is 9.82. The van der Waals surface area contributed by atoms with Crippen molar-refractivity contribution in [2.45, 2.75) is 115 Å². The van der Waals surface area contributed by atoms with E-state index in [1.165, 1.54) is 16.7 Å². The zero-order valence-corrected chi connectivity index (χ0v) is 30.5. The van der Waals surface area contributed by atoms with Crippen molar-refractivity contribution >= 4 is 23.3 Å². The molecule has 2 aliphatic rings. The van der Waals surface area contributed by atoms with Gasteiger partial charge in [-0.15, -0.1) is 0 Å². The normalized spacial score (nSPS) is 17.3. The lowest BCUT2D eigenvalue weighted by Crippen LogP contribution is -2.50. The second-order valence-corrected chi connectivity index (χ2v) is 14.2. The minimum absolute atomic E-state index is 0.288. The monoisotopic (exact) mass is 724 g/mol. The summed E-state index contributed by atoms with van der Waals surface area (Å²) in [5, 5.41) is 58.0. The fraction of sp³-hybridized carbons (Fsp3) is 0.538. The van der Waals surface area contributed by atoms with Crippen molar-refractivity contribution in [1.29, 1.82) is 0 Å². The third-order valence-corrected chi connectivity index (χ3v) is 10.6. The fourth-order valence-electron chi connectivity index (χ4n) is 6.86. The van der Waals surface area contributed by atoms with Gasteiger partial charge in [-0.2, -0.15) is 0 Å². The molecule has 5 rings (SSSR count). The number of carbonyl (C=O) groups excluding carboxylic acids is 1. The van der Waals surface area contributed by atoms with E-state index in [2.05, 4.69) is 66.0 Å². The van der Waals surface area contributed by atoms with Crippen molar-refractivity contribution in [3.63, 3.8) is 0 Å². The van der Waals surface area contributed by atoms with E-state index >= 15 is 0 Å². The van der Waals surface area contributed by atoms with Gasteiger partial charge in [-0.1, -0.05) is 43.6 Å². The molecule has 51 heavy (non-hydrogen) atoms. The Kier molecular flexibility index (Phi) is 13.2. The second kappa shape index (κ2) is 17.4. The number of hydrogen-bond donors (Lipinski definition) is 8. The molecule has 0 spiro atoms. The van der Waals surface area contributed by atoms with Crippen LogP contribution in [-0.2, 0) is 24.8 Å². The van der Waals surface area contributed by atoms with E-state index in [0.717, 1.165) is 90.1 Å². The number of nitrogens with zero attached hydrogens (tertiary/aromatic N) is 1. The third-order valence-electron chi connectivity index (χ3n) is 10.1. The summed E-state index contributed by atoms with van der Waals surface area (Å²) in [6.07, 6.45) is 5.56. The molecule has 2 fully saturated rings. The Morgan fingerprint density at radius 2 is 1.67 bits per heavy atom. The molecule has 0 radical (unpaired) electrons. The summed E-state index contributed by atoms with van der Waals surface area (Å²) in [5.41, 5.74) is 8.87. The molecule has 0 saturated heterocycles. The maximum Gasteiger partial charge on any atom is 0.314 e. The molecule has 1 aromatic heterocycles. The number of aliphatic hydroxyl groups excluding tert-OH is 5. The molecular formula is C39H53ClN4O7. The van der Waals surface area contributed by atoms with Crippen LogP contribution in [0.1, 0.15) is 80.2 Å². The first-order chi connectivity index (χ1) is 24.5. The van der Waals surface area contributed by atoms with Crippen LogP contribution in [0.15, 0.2) is 42.7 Å². The van der Waals surface area contributed by atoms with Crippen LogP contribution in [0, 0.1) is 6.92 Å². The van der Waals surface area contributed by atoms with E-state index in [1.54, 1.807) is 0 Å². The highest BCUT2D eigenvalue weighted by Crippen LogP contribution is 2.54. The SMILES string of the molecule is CCc1c(Cl)c(NC2(c3cnccc3-c3ccccc3OC3CC3)CC2)c(CC)c(C)c1CCCCNC(=O)NC[C@H](O)[C@@H](O)[C@H](O)[C@H](O)CO. The fourth-order valence-corrected chi connectivity index (χ4v) is 7.27. The van der Waals surface area contributed by atoms with Gasteiger partial charge in [0.1, 0.15) is 24.1 Å². The average Bonchev–Trinajstić information content (AvgIpc) is 4.09. The molecule has 2 aliphatic carbocycles. The van der Waals surface area contributed by atoms with Gasteiger partial charge >= 0.3 is 6.03 Å². The number of pyridine rings is 1. The van der Waals surface area contributed by atoms with Crippen LogP contribution in [0.2, 0.25) is 5.02 Å². The summed E-state index contributed by atoms with van der Waals surface area (Å²) in [5.74, 6) is 0.908. The highest BCUT2D eigenvalue weighted by Gasteiger charge is 2.47. The zero-order chi connectivity index (χ0) is 36.7. The topological polar surface area (TPSA) is 176 Å². The number of aliphatic hydroxyl groups is 5. The number of hydrogen-bond acceptors (Lipinski definition) is 9. The number of para-hydroxylation sites is 1. The van der Waals surface area contributed by atoms with Gasteiger partial charge in [0.15, 0.2) is 0 Å². The Morgan fingerprint density at radius 1 is 0.961 bits per heavy atom. The first-order valence-corrected chi connectivity index (χ1v) is 18.6. The molecule has 2 amide bonds. The third kappa shape index (κ3) is 9.14. The van der Waals surface area contributed by atoms with E-state index in [-0.39, 0.29) is 12.1 Å². The number of benzene rings is 2. The molecule has 2 saturated carbocycles. The van der Waals surface area contributed by atoms with Crippen molar-refractivity contribution in [3.8, 4) is 16.9 Å². The van der Waals surface area contributed by atoms with Crippen molar-refractivity contribution in [2.24, 2.45) is 0 Å². The lowest BCUT2D eigenvalue weighted by Gasteiger charge is -2.28. The number of aromatic nitrogens is 1. The van der Waals surface area contributed by atoms with E-state index < -0.39 is 37.1 Å². The zero-order valence-electron chi connectivity index (χ0n) is 29.8. The summed E-state index contributed by atoms with van der Waals surface area (Å²) in [7, 11) is 0. The number of urea groups is 1. The van der Waals surface area contributed by atoms with Crippen LogP contribution in [0.3, 0.4) is 0 Å². The number of ether oxygens (including phenoxy) is 1. The van der Waals surface area contributed by atoms with Gasteiger partial charge in [0.2, 0.25) is 0 Å². The van der Waals surface area contributed by atoms with Gasteiger partial charge in [-0.05, 0) is 105 Å². The molecule has 0 bridgehead atoms. The van der Waals surface area contributed by atoms with Crippen LogP contribution >= 0.6 is 11.6 Å². The molecule has 8 N–H and O–H groups in total. The van der Waals surface area contributed by atoms with Gasteiger partial charge in [0.05, 0.1) is 35.1 Å². The predicted octanol–water partition coefficient (Wildman–Crippen LogP) is 4.54. The maximum absolute atomic E-state index is 12.3. The minimum atomic E-state index is -1.75. The average molecular weight is 725 g/mol. The quantitative estimate of drug-likeness (QED) is 0.0826. The van der Waals surface area contributed by atoms with Crippen LogP contribution < -0.4 is 20.7 Å². The Hall–Kier alpha value is -3.45. The van der Waals surface area contributed by atoms with Crippen LogP contribution in [0.5, 0.6) is 5.75 Å². The minimum Gasteiger partial charge on any atom is -0.490 e. The molecule has 2 aromatic carbocycles. The first kappa shape index (κ1) is 38.8. The van der Waals surface area contributed by atoms with E-state index in [0.29, 0.717) is 19.1 Å². The Bertz CT molecular complexity index is 1650. The lowest BCUT2D eigenvalue weighted by molar-refractivity contribution is -0.113. The number of unbranched alkanes of at least 4 members (excludes halogenated alkanes) is 1. The molecule has 11 nitrogen and oxygen atoms in total. The molecule has 0 unspecified atom stereocenters.